The summed E-state index contributed by atoms with van der Waals surface area (Å²) in [6.45, 7) is 7.66. The highest BCUT2D eigenvalue weighted by atomic mass is 16.5. The first-order valence-electron chi connectivity index (χ1n) is 7.00. The topological polar surface area (TPSA) is 56.3 Å². The summed E-state index contributed by atoms with van der Waals surface area (Å²) in [5.41, 5.74) is 0.944. The van der Waals surface area contributed by atoms with Gasteiger partial charge in [0.1, 0.15) is 6.10 Å². The Labute approximate surface area is 114 Å². The Balaban J connectivity index is 1.77. The summed E-state index contributed by atoms with van der Waals surface area (Å²) in [7, 11) is 0. The summed E-state index contributed by atoms with van der Waals surface area (Å²) < 4.78 is 11.1. The van der Waals surface area contributed by atoms with Crippen LogP contribution < -0.4 is 10.1 Å². The van der Waals surface area contributed by atoms with Crippen LogP contribution in [0, 0.1) is 5.92 Å². The number of aromatic nitrogens is 2. The molecule has 2 heterocycles. The first kappa shape index (κ1) is 14.2. The van der Waals surface area contributed by atoms with E-state index in [-0.39, 0.29) is 6.10 Å². The predicted octanol–water partition coefficient (Wildman–Crippen LogP) is 1.78. The van der Waals surface area contributed by atoms with Crippen molar-refractivity contribution in [3.05, 3.63) is 18.1 Å². The van der Waals surface area contributed by atoms with Crippen molar-refractivity contribution in [3.8, 4) is 5.88 Å². The second-order valence-electron chi connectivity index (χ2n) is 5.30. The molecule has 0 bridgehead atoms. The van der Waals surface area contributed by atoms with Gasteiger partial charge in [-0.1, -0.05) is 13.8 Å². The molecule has 0 amide bonds. The van der Waals surface area contributed by atoms with E-state index in [1.54, 1.807) is 12.4 Å². The Morgan fingerprint density at radius 3 is 2.74 bits per heavy atom. The molecule has 0 saturated carbocycles. The van der Waals surface area contributed by atoms with Gasteiger partial charge in [0.25, 0.3) is 0 Å². The normalized spacial score (nSPS) is 16.8. The van der Waals surface area contributed by atoms with Gasteiger partial charge in [0.05, 0.1) is 31.3 Å². The number of hydrogen-bond donors (Lipinski definition) is 1. The fraction of sp³-hybridized carbons (Fsp3) is 0.714. The molecule has 1 aromatic heterocycles. The second kappa shape index (κ2) is 7.40. The van der Waals surface area contributed by atoms with E-state index in [1.807, 2.05) is 0 Å². The molecule has 2 rings (SSSR count). The average molecular weight is 265 g/mol. The molecule has 0 aliphatic carbocycles. The lowest BCUT2D eigenvalue weighted by Gasteiger charge is -2.22. The third kappa shape index (κ3) is 5.12. The van der Waals surface area contributed by atoms with Crippen molar-refractivity contribution >= 4 is 0 Å². The minimum atomic E-state index is 0.216. The average Bonchev–Trinajstić information content (AvgIpc) is 2.42. The van der Waals surface area contributed by atoms with Crippen molar-refractivity contribution in [1.82, 2.24) is 15.3 Å². The molecule has 0 atom stereocenters. The molecule has 1 aliphatic rings. The van der Waals surface area contributed by atoms with Gasteiger partial charge in [-0.05, 0) is 12.5 Å². The van der Waals surface area contributed by atoms with E-state index in [1.165, 1.54) is 0 Å². The number of ether oxygens (including phenoxy) is 2. The molecule has 0 unspecified atom stereocenters. The highest BCUT2D eigenvalue weighted by Crippen LogP contribution is 2.14. The monoisotopic (exact) mass is 265 g/mol. The molecule has 1 aliphatic heterocycles. The molecule has 0 aromatic carbocycles. The largest absolute Gasteiger partial charge is 0.473 e. The van der Waals surface area contributed by atoms with Crippen molar-refractivity contribution in [2.75, 3.05) is 19.8 Å². The van der Waals surface area contributed by atoms with Gasteiger partial charge >= 0.3 is 0 Å². The van der Waals surface area contributed by atoms with Gasteiger partial charge in [-0.25, -0.2) is 4.98 Å². The fourth-order valence-electron chi connectivity index (χ4n) is 1.95. The summed E-state index contributed by atoms with van der Waals surface area (Å²) in [6.07, 6.45) is 5.57. The van der Waals surface area contributed by atoms with Crippen LogP contribution in [0.5, 0.6) is 5.88 Å². The maximum Gasteiger partial charge on any atom is 0.232 e. The first-order chi connectivity index (χ1) is 9.24. The molecule has 0 radical (unpaired) electrons. The van der Waals surface area contributed by atoms with Crippen molar-refractivity contribution < 1.29 is 9.47 Å². The molecule has 106 valence electrons. The fourth-order valence-corrected chi connectivity index (χ4v) is 1.95. The summed E-state index contributed by atoms with van der Waals surface area (Å²) >= 11 is 0. The van der Waals surface area contributed by atoms with Gasteiger partial charge in [0, 0.05) is 19.4 Å². The van der Waals surface area contributed by atoms with E-state index in [0.29, 0.717) is 11.8 Å². The van der Waals surface area contributed by atoms with E-state index >= 15 is 0 Å². The Morgan fingerprint density at radius 1 is 1.32 bits per heavy atom. The molecule has 19 heavy (non-hydrogen) atoms. The molecule has 5 heteroatoms. The van der Waals surface area contributed by atoms with E-state index in [9.17, 15) is 0 Å². The second-order valence-corrected chi connectivity index (χ2v) is 5.30. The van der Waals surface area contributed by atoms with E-state index in [0.717, 1.165) is 44.8 Å². The molecule has 1 N–H and O–H groups in total. The maximum atomic E-state index is 5.78. The Kier molecular flexibility index (Phi) is 5.54. The molecule has 1 fully saturated rings. The van der Waals surface area contributed by atoms with E-state index in [2.05, 4.69) is 29.1 Å². The lowest BCUT2D eigenvalue weighted by atomic mass is 10.2. The Morgan fingerprint density at radius 2 is 2.11 bits per heavy atom. The summed E-state index contributed by atoms with van der Waals surface area (Å²) in [6, 6.07) is 0. The van der Waals surface area contributed by atoms with E-state index < -0.39 is 0 Å². The van der Waals surface area contributed by atoms with Gasteiger partial charge in [0.15, 0.2) is 0 Å². The highest BCUT2D eigenvalue weighted by molar-refractivity contribution is 5.07. The zero-order valence-corrected chi connectivity index (χ0v) is 11.8. The standard InChI is InChI=1S/C14H23N3O2/c1-11(2)7-15-8-12-9-17-14(10-16-12)19-13-3-5-18-6-4-13/h9-11,13,15H,3-8H2,1-2H3. The third-order valence-corrected chi connectivity index (χ3v) is 3.00. The van der Waals surface area contributed by atoms with Crippen LogP contribution in [0.25, 0.3) is 0 Å². The zero-order chi connectivity index (χ0) is 13.5. The Hall–Kier alpha value is -1.20. The summed E-state index contributed by atoms with van der Waals surface area (Å²) in [5, 5.41) is 3.34. The number of nitrogens with zero attached hydrogens (tertiary/aromatic N) is 2. The van der Waals surface area contributed by atoms with Crippen LogP contribution in [-0.4, -0.2) is 35.8 Å². The van der Waals surface area contributed by atoms with Crippen LogP contribution in [-0.2, 0) is 11.3 Å². The predicted molar refractivity (Wildman–Crippen MR) is 73.0 cm³/mol. The summed E-state index contributed by atoms with van der Waals surface area (Å²) in [4.78, 5) is 8.66. The lowest BCUT2D eigenvalue weighted by Crippen LogP contribution is -2.26. The first-order valence-corrected chi connectivity index (χ1v) is 7.00. The maximum absolute atomic E-state index is 5.78. The minimum Gasteiger partial charge on any atom is -0.473 e. The molecule has 1 saturated heterocycles. The smallest absolute Gasteiger partial charge is 0.232 e. The van der Waals surface area contributed by atoms with Crippen molar-refractivity contribution in [1.29, 1.82) is 0 Å². The summed E-state index contributed by atoms with van der Waals surface area (Å²) in [5.74, 6) is 1.25. The van der Waals surface area contributed by atoms with Gasteiger partial charge in [-0.3, -0.25) is 4.98 Å². The molecule has 5 nitrogen and oxygen atoms in total. The van der Waals surface area contributed by atoms with Crippen LogP contribution in [0.15, 0.2) is 12.4 Å². The van der Waals surface area contributed by atoms with Gasteiger partial charge < -0.3 is 14.8 Å². The van der Waals surface area contributed by atoms with E-state index in [4.69, 9.17) is 9.47 Å². The van der Waals surface area contributed by atoms with Crippen LogP contribution in [0.3, 0.4) is 0 Å². The van der Waals surface area contributed by atoms with Crippen molar-refractivity contribution in [2.45, 2.75) is 39.3 Å². The van der Waals surface area contributed by atoms with Crippen molar-refractivity contribution in [2.24, 2.45) is 5.92 Å². The Bertz CT molecular complexity index is 361. The number of nitrogens with one attached hydrogen (secondary N) is 1. The van der Waals surface area contributed by atoms with Crippen LogP contribution in [0.4, 0.5) is 0 Å². The molecular weight excluding hydrogens is 242 g/mol. The lowest BCUT2D eigenvalue weighted by molar-refractivity contribution is 0.0235. The minimum absolute atomic E-state index is 0.216. The van der Waals surface area contributed by atoms with Gasteiger partial charge in [0.2, 0.25) is 5.88 Å². The molecule has 1 aromatic rings. The SMILES string of the molecule is CC(C)CNCc1cnc(OC2CCOCC2)cn1. The molecule has 0 spiro atoms. The van der Waals surface area contributed by atoms with Crippen LogP contribution in [0.2, 0.25) is 0 Å². The third-order valence-electron chi connectivity index (χ3n) is 3.00. The van der Waals surface area contributed by atoms with Crippen LogP contribution >= 0.6 is 0 Å². The van der Waals surface area contributed by atoms with Gasteiger partial charge in [-0.2, -0.15) is 0 Å². The van der Waals surface area contributed by atoms with Gasteiger partial charge in [-0.15, -0.1) is 0 Å². The zero-order valence-electron chi connectivity index (χ0n) is 11.8. The highest BCUT2D eigenvalue weighted by Gasteiger charge is 2.15. The molecular formula is C14H23N3O2. The van der Waals surface area contributed by atoms with Crippen LogP contribution in [0.1, 0.15) is 32.4 Å². The van der Waals surface area contributed by atoms with Crippen molar-refractivity contribution in [3.63, 3.8) is 0 Å². The number of hydrogen-bond acceptors (Lipinski definition) is 5. The number of rotatable bonds is 6. The quantitative estimate of drug-likeness (QED) is 0.849.